The first kappa shape index (κ1) is 13.6. The molecule has 1 saturated heterocycles. The van der Waals surface area contributed by atoms with Crippen molar-refractivity contribution in [2.45, 2.75) is 26.3 Å². The summed E-state index contributed by atoms with van der Waals surface area (Å²) in [6.45, 7) is 3.83. The number of halogens is 1. The molecule has 1 fully saturated rings. The summed E-state index contributed by atoms with van der Waals surface area (Å²) in [7, 11) is 0. The maximum Gasteiger partial charge on any atom is 0.293 e. The summed E-state index contributed by atoms with van der Waals surface area (Å²) < 4.78 is 0.669. The lowest BCUT2D eigenvalue weighted by Crippen LogP contribution is -2.36. The lowest BCUT2D eigenvalue weighted by Gasteiger charge is -2.19. The highest BCUT2D eigenvalue weighted by Gasteiger charge is 2.37. The zero-order chi connectivity index (χ0) is 13.3. The second-order valence-electron chi connectivity index (χ2n) is 3.95. The van der Waals surface area contributed by atoms with E-state index in [0.717, 1.165) is 23.1 Å². The van der Waals surface area contributed by atoms with Gasteiger partial charge in [0.25, 0.3) is 11.1 Å². The van der Waals surface area contributed by atoms with Gasteiger partial charge in [0.1, 0.15) is 0 Å². The molecular formula is C12H12ClNO2S2. The van der Waals surface area contributed by atoms with Crippen molar-refractivity contribution in [3.05, 3.63) is 26.3 Å². The van der Waals surface area contributed by atoms with E-state index in [1.807, 2.05) is 19.9 Å². The molecule has 0 unspecified atom stereocenters. The number of imide groups is 1. The topological polar surface area (TPSA) is 37.4 Å². The van der Waals surface area contributed by atoms with Gasteiger partial charge in [-0.15, -0.1) is 11.3 Å². The highest BCUT2D eigenvalue weighted by atomic mass is 35.5. The van der Waals surface area contributed by atoms with Crippen LogP contribution in [0.15, 0.2) is 17.0 Å². The predicted octanol–water partition coefficient (Wildman–Crippen LogP) is 4.24. The average molecular weight is 302 g/mol. The molecule has 0 aromatic carbocycles. The van der Waals surface area contributed by atoms with E-state index < -0.39 is 0 Å². The summed E-state index contributed by atoms with van der Waals surface area (Å²) in [4.78, 5) is 26.6. The molecule has 1 atom stereocenters. The van der Waals surface area contributed by atoms with Gasteiger partial charge in [0.05, 0.1) is 9.24 Å². The number of thioether (sulfide) groups is 1. The molecule has 3 nitrogen and oxygen atoms in total. The quantitative estimate of drug-likeness (QED) is 0.784. The van der Waals surface area contributed by atoms with Crippen LogP contribution in [0.1, 0.15) is 25.1 Å². The van der Waals surface area contributed by atoms with Crippen molar-refractivity contribution in [3.63, 3.8) is 0 Å². The number of carbonyl (C=O) groups excluding carboxylic acids is 2. The first-order chi connectivity index (χ1) is 8.52. The molecule has 0 spiro atoms. The smallest absolute Gasteiger partial charge is 0.268 e. The van der Waals surface area contributed by atoms with Crippen molar-refractivity contribution in [3.8, 4) is 0 Å². The molecule has 1 aromatic heterocycles. The molecule has 2 rings (SSSR count). The number of hydrogen-bond donors (Lipinski definition) is 0. The number of thiophene rings is 1. The van der Waals surface area contributed by atoms with Gasteiger partial charge in [-0.2, -0.15) is 0 Å². The fraction of sp³-hybridized carbons (Fsp3) is 0.333. The van der Waals surface area contributed by atoms with Crippen LogP contribution in [-0.4, -0.2) is 22.1 Å². The first-order valence-corrected chi connectivity index (χ1v) is 7.56. The second kappa shape index (κ2) is 5.47. The van der Waals surface area contributed by atoms with Gasteiger partial charge >= 0.3 is 0 Å². The summed E-state index contributed by atoms with van der Waals surface area (Å²) in [6, 6.07) is 3.55. The number of carbonyl (C=O) groups is 2. The van der Waals surface area contributed by atoms with E-state index >= 15 is 0 Å². The Hall–Kier alpha value is -0.780. The van der Waals surface area contributed by atoms with Crippen molar-refractivity contribution in [2.75, 3.05) is 0 Å². The van der Waals surface area contributed by atoms with Crippen LogP contribution in [0, 0.1) is 0 Å². The minimum absolute atomic E-state index is 0.0599. The highest BCUT2D eigenvalue weighted by molar-refractivity contribution is 8.18. The minimum atomic E-state index is -0.205. The molecule has 0 bridgehead atoms. The molecule has 2 amide bonds. The van der Waals surface area contributed by atoms with Crippen molar-refractivity contribution in [1.29, 1.82) is 0 Å². The van der Waals surface area contributed by atoms with Gasteiger partial charge in [-0.25, -0.2) is 0 Å². The third-order valence-corrected chi connectivity index (χ3v) is 4.78. The SMILES string of the molecule is CC[C@H](C)N1C(=O)S/C(=C\c2ccc(Cl)s2)C1=O. The monoisotopic (exact) mass is 301 g/mol. The molecule has 0 aliphatic carbocycles. The van der Waals surface area contributed by atoms with Crippen LogP contribution in [0.25, 0.3) is 6.08 Å². The van der Waals surface area contributed by atoms with Crippen LogP contribution in [-0.2, 0) is 4.79 Å². The van der Waals surface area contributed by atoms with Crippen molar-refractivity contribution < 1.29 is 9.59 Å². The van der Waals surface area contributed by atoms with E-state index in [-0.39, 0.29) is 17.2 Å². The average Bonchev–Trinajstić information content (AvgIpc) is 2.84. The zero-order valence-corrected chi connectivity index (χ0v) is 12.4. The van der Waals surface area contributed by atoms with Gasteiger partial charge in [0.15, 0.2) is 0 Å². The van der Waals surface area contributed by atoms with E-state index in [1.165, 1.54) is 16.2 Å². The van der Waals surface area contributed by atoms with E-state index in [2.05, 4.69) is 0 Å². The summed E-state index contributed by atoms with van der Waals surface area (Å²) in [5.41, 5.74) is 0. The fourth-order valence-electron chi connectivity index (χ4n) is 1.58. The predicted molar refractivity (Wildman–Crippen MR) is 76.9 cm³/mol. The normalized spacial score (nSPS) is 19.9. The Morgan fingerprint density at radius 1 is 1.44 bits per heavy atom. The minimum Gasteiger partial charge on any atom is -0.268 e. The van der Waals surface area contributed by atoms with Crippen molar-refractivity contribution in [1.82, 2.24) is 4.90 Å². The van der Waals surface area contributed by atoms with Crippen LogP contribution in [0.5, 0.6) is 0 Å². The number of rotatable bonds is 3. The van der Waals surface area contributed by atoms with E-state index in [1.54, 1.807) is 12.1 Å². The molecule has 1 aliphatic rings. The van der Waals surface area contributed by atoms with Gasteiger partial charge in [0, 0.05) is 10.9 Å². The Morgan fingerprint density at radius 3 is 2.72 bits per heavy atom. The number of nitrogens with zero attached hydrogens (tertiary/aromatic N) is 1. The van der Waals surface area contributed by atoms with E-state index in [9.17, 15) is 9.59 Å². The Balaban J connectivity index is 2.25. The summed E-state index contributed by atoms with van der Waals surface area (Å²) >= 11 is 8.21. The molecule has 6 heteroatoms. The van der Waals surface area contributed by atoms with Gasteiger partial charge in [-0.05, 0) is 43.3 Å². The maximum absolute atomic E-state index is 12.1. The van der Waals surface area contributed by atoms with Gasteiger partial charge in [0.2, 0.25) is 0 Å². The number of hydrogen-bond acceptors (Lipinski definition) is 4. The van der Waals surface area contributed by atoms with E-state index in [0.29, 0.717) is 9.24 Å². The largest absolute Gasteiger partial charge is 0.293 e. The lowest BCUT2D eigenvalue weighted by molar-refractivity contribution is -0.124. The Kier molecular flexibility index (Phi) is 4.14. The van der Waals surface area contributed by atoms with E-state index in [4.69, 9.17) is 11.6 Å². The Labute approximate surface area is 119 Å². The molecular weight excluding hydrogens is 290 g/mol. The number of amides is 2. The van der Waals surface area contributed by atoms with Crippen molar-refractivity contribution >= 4 is 51.9 Å². The van der Waals surface area contributed by atoms with Gasteiger partial charge in [-0.1, -0.05) is 18.5 Å². The molecule has 18 heavy (non-hydrogen) atoms. The highest BCUT2D eigenvalue weighted by Crippen LogP contribution is 2.35. The van der Waals surface area contributed by atoms with Crippen LogP contribution < -0.4 is 0 Å². The molecule has 0 N–H and O–H groups in total. The molecule has 1 aliphatic heterocycles. The third kappa shape index (κ3) is 2.63. The Bertz CT molecular complexity index is 524. The van der Waals surface area contributed by atoms with Crippen LogP contribution >= 0.6 is 34.7 Å². The summed E-state index contributed by atoms with van der Waals surface area (Å²) in [6.07, 6.45) is 2.49. The second-order valence-corrected chi connectivity index (χ2v) is 6.69. The molecule has 0 saturated carbocycles. The van der Waals surface area contributed by atoms with Gasteiger partial charge < -0.3 is 0 Å². The molecule has 0 radical (unpaired) electrons. The maximum atomic E-state index is 12.1. The van der Waals surface area contributed by atoms with Crippen LogP contribution in [0.4, 0.5) is 4.79 Å². The zero-order valence-electron chi connectivity index (χ0n) is 9.97. The standard InChI is InChI=1S/C12H12ClNO2S2/c1-3-7(2)14-11(15)9(18-12(14)16)6-8-4-5-10(13)17-8/h4-7H,3H2,1-2H3/b9-6-/t7-/m0/s1. The summed E-state index contributed by atoms with van der Waals surface area (Å²) in [5.74, 6) is -0.205. The lowest BCUT2D eigenvalue weighted by atomic mass is 10.2. The van der Waals surface area contributed by atoms with Gasteiger partial charge in [-0.3, -0.25) is 14.5 Å². The molecule has 2 heterocycles. The summed E-state index contributed by atoms with van der Waals surface area (Å²) in [5, 5.41) is -0.191. The van der Waals surface area contributed by atoms with Crippen LogP contribution in [0.2, 0.25) is 4.34 Å². The Morgan fingerprint density at radius 2 is 2.17 bits per heavy atom. The van der Waals surface area contributed by atoms with Crippen LogP contribution in [0.3, 0.4) is 0 Å². The fourth-order valence-corrected chi connectivity index (χ4v) is 3.58. The molecule has 1 aromatic rings. The first-order valence-electron chi connectivity index (χ1n) is 5.55. The third-order valence-electron chi connectivity index (χ3n) is 2.72. The molecule has 96 valence electrons. The van der Waals surface area contributed by atoms with Crippen molar-refractivity contribution in [2.24, 2.45) is 0 Å².